The minimum absolute atomic E-state index is 0.0161. The smallest absolute Gasteiger partial charge is 0.267 e. The van der Waals surface area contributed by atoms with E-state index in [0.29, 0.717) is 25.6 Å². The van der Waals surface area contributed by atoms with Crippen molar-refractivity contribution in [2.75, 3.05) is 13.1 Å². The molecule has 23 heavy (non-hydrogen) atoms. The molecule has 1 aliphatic carbocycles. The van der Waals surface area contributed by atoms with Gasteiger partial charge in [-0.15, -0.1) is 11.3 Å². The molecule has 2 aromatic rings. The fraction of sp³-hybridized carbons (Fsp3) is 0.438. The van der Waals surface area contributed by atoms with Gasteiger partial charge in [-0.05, 0) is 46.8 Å². The third-order valence-electron chi connectivity index (χ3n) is 4.48. The highest BCUT2D eigenvalue weighted by atomic mass is 79.9. The van der Waals surface area contributed by atoms with Gasteiger partial charge in [-0.3, -0.25) is 9.59 Å². The number of hydrogen-bond donors (Lipinski definition) is 0. The molecule has 1 saturated heterocycles. The van der Waals surface area contributed by atoms with Crippen LogP contribution in [0.3, 0.4) is 0 Å². The molecule has 0 N–H and O–H groups in total. The second-order valence-electron chi connectivity index (χ2n) is 6.20. The molecule has 0 saturated carbocycles. The molecule has 1 amide bonds. The van der Waals surface area contributed by atoms with Gasteiger partial charge in [-0.1, -0.05) is 0 Å². The number of aryl methyl sites for hydroxylation is 2. The molecule has 7 heteroatoms. The number of amides is 1. The first-order valence-electron chi connectivity index (χ1n) is 7.73. The summed E-state index contributed by atoms with van der Waals surface area (Å²) in [7, 11) is 0. The SMILES string of the molecule is O=C(c1cc(Br)cs1)N1CC(Cn2nc3c(cc2=O)CCC3)C1. The lowest BCUT2D eigenvalue weighted by atomic mass is 10.00. The number of halogens is 1. The number of fused-ring (bicyclic) bond motifs is 1. The van der Waals surface area contributed by atoms with Crippen LogP contribution in [0.5, 0.6) is 0 Å². The van der Waals surface area contributed by atoms with Gasteiger partial charge in [-0.25, -0.2) is 4.68 Å². The molecule has 2 aromatic heterocycles. The summed E-state index contributed by atoms with van der Waals surface area (Å²) in [5.74, 6) is 0.387. The van der Waals surface area contributed by atoms with Crippen LogP contribution in [0.2, 0.25) is 0 Å². The van der Waals surface area contributed by atoms with Crippen LogP contribution in [0, 0.1) is 5.92 Å². The highest BCUT2D eigenvalue weighted by Gasteiger charge is 2.32. The van der Waals surface area contributed by atoms with Crippen molar-refractivity contribution in [1.82, 2.24) is 14.7 Å². The van der Waals surface area contributed by atoms with Gasteiger partial charge in [0.05, 0.1) is 17.1 Å². The Hall–Kier alpha value is -1.47. The predicted octanol–water partition coefficient (Wildman–Crippen LogP) is 2.33. The Morgan fingerprint density at radius 3 is 2.91 bits per heavy atom. The number of nitrogens with zero attached hydrogens (tertiary/aromatic N) is 3. The molecule has 0 radical (unpaired) electrons. The van der Waals surface area contributed by atoms with E-state index in [4.69, 9.17) is 0 Å². The van der Waals surface area contributed by atoms with Gasteiger partial charge >= 0.3 is 0 Å². The molecule has 3 heterocycles. The zero-order valence-electron chi connectivity index (χ0n) is 12.5. The Morgan fingerprint density at radius 2 is 2.17 bits per heavy atom. The van der Waals surface area contributed by atoms with Crippen molar-refractivity contribution >= 4 is 33.2 Å². The largest absolute Gasteiger partial charge is 0.337 e. The van der Waals surface area contributed by atoms with Crippen molar-refractivity contribution < 1.29 is 4.79 Å². The van der Waals surface area contributed by atoms with E-state index < -0.39 is 0 Å². The average Bonchev–Trinajstić information content (AvgIpc) is 3.10. The van der Waals surface area contributed by atoms with E-state index in [1.54, 1.807) is 10.7 Å². The van der Waals surface area contributed by atoms with E-state index in [0.717, 1.165) is 39.9 Å². The molecule has 2 aliphatic rings. The van der Waals surface area contributed by atoms with Crippen LogP contribution in [0.15, 0.2) is 26.8 Å². The van der Waals surface area contributed by atoms with Crippen molar-refractivity contribution in [3.05, 3.63) is 48.5 Å². The van der Waals surface area contributed by atoms with E-state index in [-0.39, 0.29) is 11.5 Å². The van der Waals surface area contributed by atoms with Crippen molar-refractivity contribution in [3.63, 3.8) is 0 Å². The molecule has 0 aromatic carbocycles. The van der Waals surface area contributed by atoms with E-state index in [1.807, 2.05) is 16.3 Å². The highest BCUT2D eigenvalue weighted by Crippen LogP contribution is 2.25. The standard InChI is InChI=1S/C16H16BrN3O2S/c17-12-5-14(23-9-12)16(22)19-6-10(7-19)8-20-15(21)4-11-2-1-3-13(11)18-20/h4-5,9-10H,1-3,6-8H2. The van der Waals surface area contributed by atoms with Gasteiger partial charge < -0.3 is 4.90 Å². The highest BCUT2D eigenvalue weighted by molar-refractivity contribution is 9.10. The summed E-state index contributed by atoms with van der Waals surface area (Å²) in [5.41, 5.74) is 2.16. The Bertz CT molecular complexity index is 823. The van der Waals surface area contributed by atoms with Crippen molar-refractivity contribution in [1.29, 1.82) is 0 Å². The molecule has 120 valence electrons. The fourth-order valence-electron chi connectivity index (χ4n) is 3.25. The maximum atomic E-state index is 12.3. The van der Waals surface area contributed by atoms with Gasteiger partial charge in [0.2, 0.25) is 0 Å². The molecule has 0 spiro atoms. The zero-order chi connectivity index (χ0) is 16.0. The molecule has 0 atom stereocenters. The number of carbonyl (C=O) groups is 1. The van der Waals surface area contributed by atoms with Gasteiger partial charge in [0.15, 0.2) is 0 Å². The fourth-order valence-corrected chi connectivity index (χ4v) is 4.64. The lowest BCUT2D eigenvalue weighted by Crippen LogP contribution is -2.52. The molecule has 1 fully saturated rings. The van der Waals surface area contributed by atoms with Crippen LogP contribution in [-0.4, -0.2) is 33.7 Å². The maximum Gasteiger partial charge on any atom is 0.267 e. The van der Waals surface area contributed by atoms with E-state index in [9.17, 15) is 9.59 Å². The maximum absolute atomic E-state index is 12.3. The van der Waals surface area contributed by atoms with Crippen LogP contribution < -0.4 is 5.56 Å². The Morgan fingerprint density at radius 1 is 1.35 bits per heavy atom. The van der Waals surface area contributed by atoms with Crippen molar-refractivity contribution in [2.24, 2.45) is 5.92 Å². The summed E-state index contributed by atoms with van der Waals surface area (Å²) < 4.78 is 2.52. The van der Waals surface area contributed by atoms with Crippen LogP contribution in [0.1, 0.15) is 27.3 Å². The minimum Gasteiger partial charge on any atom is -0.337 e. The first kappa shape index (κ1) is 15.1. The second kappa shape index (κ2) is 5.87. The predicted molar refractivity (Wildman–Crippen MR) is 91.9 cm³/mol. The third-order valence-corrected chi connectivity index (χ3v) is 6.16. The minimum atomic E-state index is -0.0161. The van der Waals surface area contributed by atoms with Crippen LogP contribution in [0.4, 0.5) is 0 Å². The number of hydrogen-bond acceptors (Lipinski definition) is 4. The van der Waals surface area contributed by atoms with E-state index in [1.165, 1.54) is 11.3 Å². The summed E-state index contributed by atoms with van der Waals surface area (Å²) >= 11 is 4.82. The summed E-state index contributed by atoms with van der Waals surface area (Å²) in [4.78, 5) is 27.0. The van der Waals surface area contributed by atoms with Crippen LogP contribution >= 0.6 is 27.3 Å². The summed E-state index contributed by atoms with van der Waals surface area (Å²) in [5, 5.41) is 6.42. The average molecular weight is 394 g/mol. The first-order valence-corrected chi connectivity index (χ1v) is 9.40. The lowest BCUT2D eigenvalue weighted by molar-refractivity contribution is 0.0463. The summed E-state index contributed by atoms with van der Waals surface area (Å²) in [6, 6.07) is 3.59. The monoisotopic (exact) mass is 393 g/mol. The number of thiophene rings is 1. The molecule has 0 bridgehead atoms. The molecular weight excluding hydrogens is 378 g/mol. The molecular formula is C16H16BrN3O2S. The number of likely N-dealkylation sites (tertiary alicyclic amines) is 1. The third kappa shape index (κ3) is 2.87. The normalized spacial score (nSPS) is 17.2. The van der Waals surface area contributed by atoms with Crippen molar-refractivity contribution in [3.8, 4) is 0 Å². The van der Waals surface area contributed by atoms with Crippen LogP contribution in [-0.2, 0) is 19.4 Å². The Kier molecular flexibility index (Phi) is 3.85. The van der Waals surface area contributed by atoms with E-state index >= 15 is 0 Å². The summed E-state index contributed by atoms with van der Waals surface area (Å²) in [6.07, 6.45) is 3.03. The van der Waals surface area contributed by atoms with Gasteiger partial charge in [-0.2, -0.15) is 5.10 Å². The Labute approximate surface area is 146 Å². The van der Waals surface area contributed by atoms with E-state index in [2.05, 4.69) is 21.0 Å². The molecule has 1 aliphatic heterocycles. The van der Waals surface area contributed by atoms with Crippen molar-refractivity contribution in [2.45, 2.75) is 25.8 Å². The topological polar surface area (TPSA) is 55.2 Å². The number of aromatic nitrogens is 2. The summed E-state index contributed by atoms with van der Waals surface area (Å²) in [6.45, 7) is 1.99. The zero-order valence-corrected chi connectivity index (χ0v) is 14.9. The second-order valence-corrected chi connectivity index (χ2v) is 8.02. The van der Waals surface area contributed by atoms with Gasteiger partial charge in [0, 0.05) is 34.9 Å². The number of rotatable bonds is 3. The number of carbonyl (C=O) groups excluding carboxylic acids is 1. The van der Waals surface area contributed by atoms with Crippen LogP contribution in [0.25, 0.3) is 0 Å². The quantitative estimate of drug-likeness (QED) is 0.803. The van der Waals surface area contributed by atoms with Gasteiger partial charge in [0.1, 0.15) is 0 Å². The molecule has 5 nitrogen and oxygen atoms in total. The van der Waals surface area contributed by atoms with Gasteiger partial charge in [0.25, 0.3) is 11.5 Å². The first-order chi connectivity index (χ1) is 11.1. The molecule has 4 rings (SSSR count). The Balaban J connectivity index is 1.40. The lowest BCUT2D eigenvalue weighted by Gasteiger charge is -2.39. The molecule has 0 unspecified atom stereocenters.